The number of amides is 1. The molecular weight excluding hydrogens is 452 g/mol. The molecule has 0 bridgehead atoms. The van der Waals surface area contributed by atoms with Gasteiger partial charge in [-0.2, -0.15) is 5.10 Å². The zero-order chi connectivity index (χ0) is 24.8. The number of ether oxygens (including phenoxy) is 1. The van der Waals surface area contributed by atoms with E-state index in [2.05, 4.69) is 39.7 Å². The highest BCUT2D eigenvalue weighted by Gasteiger charge is 2.38. The van der Waals surface area contributed by atoms with Crippen LogP contribution in [-0.2, 0) is 23.0 Å². The average Bonchev–Trinajstić information content (AvgIpc) is 3.44. The van der Waals surface area contributed by atoms with Crippen molar-refractivity contribution in [2.75, 3.05) is 37.7 Å². The lowest BCUT2D eigenvalue weighted by molar-refractivity contribution is -0.128. The Morgan fingerprint density at radius 1 is 1.19 bits per heavy atom. The van der Waals surface area contributed by atoms with Gasteiger partial charge in [0.15, 0.2) is 0 Å². The fourth-order valence-corrected chi connectivity index (χ4v) is 6.00. The zero-order valence-corrected chi connectivity index (χ0v) is 21.3. The van der Waals surface area contributed by atoms with Gasteiger partial charge in [0.05, 0.1) is 25.4 Å². The van der Waals surface area contributed by atoms with Gasteiger partial charge in [-0.05, 0) is 60.8 Å². The van der Waals surface area contributed by atoms with Gasteiger partial charge in [0.2, 0.25) is 5.91 Å². The third-order valence-corrected chi connectivity index (χ3v) is 8.25. The molecule has 1 aliphatic carbocycles. The number of carbonyl (C=O) groups excluding carboxylic acids is 1. The SMILES string of the molecule is CC(=O)N1CCC(NC2CCOC2)=C(C(=N)N2CC(C3CC3)Cc3cc(-c4cnn(C)c4)ccc32)C1. The molecule has 1 aromatic carbocycles. The molecule has 36 heavy (non-hydrogen) atoms. The third-order valence-electron chi connectivity index (χ3n) is 8.25. The highest BCUT2D eigenvalue weighted by atomic mass is 16.5. The molecule has 0 spiro atoms. The molecule has 8 nitrogen and oxygen atoms in total. The Morgan fingerprint density at radius 3 is 2.75 bits per heavy atom. The van der Waals surface area contributed by atoms with E-state index in [1.807, 2.05) is 22.8 Å². The van der Waals surface area contributed by atoms with Crippen molar-refractivity contribution in [2.45, 2.75) is 45.1 Å². The number of aryl methyl sites for hydroxylation is 1. The summed E-state index contributed by atoms with van der Waals surface area (Å²) in [7, 11) is 1.94. The fraction of sp³-hybridized carbons (Fsp3) is 0.536. The normalized spacial score (nSPS) is 24.2. The largest absolute Gasteiger partial charge is 0.383 e. The zero-order valence-electron chi connectivity index (χ0n) is 21.3. The summed E-state index contributed by atoms with van der Waals surface area (Å²) in [6.07, 6.45) is 9.33. The maximum absolute atomic E-state index is 12.3. The van der Waals surface area contributed by atoms with Crippen LogP contribution >= 0.6 is 0 Å². The van der Waals surface area contributed by atoms with Crippen LogP contribution in [0.3, 0.4) is 0 Å². The molecule has 1 aromatic heterocycles. The topological polar surface area (TPSA) is 86.5 Å². The van der Waals surface area contributed by atoms with E-state index in [0.29, 0.717) is 31.4 Å². The van der Waals surface area contributed by atoms with E-state index < -0.39 is 0 Å². The van der Waals surface area contributed by atoms with Gasteiger partial charge in [0, 0.05) is 68.8 Å². The molecule has 3 aliphatic heterocycles. The van der Waals surface area contributed by atoms with Crippen molar-refractivity contribution in [1.82, 2.24) is 20.0 Å². The van der Waals surface area contributed by atoms with Gasteiger partial charge < -0.3 is 19.9 Å². The number of carbonyl (C=O) groups is 1. The van der Waals surface area contributed by atoms with Gasteiger partial charge in [-0.1, -0.05) is 6.07 Å². The Labute approximate surface area is 212 Å². The Kier molecular flexibility index (Phi) is 6.07. The molecule has 1 amide bonds. The third kappa shape index (κ3) is 4.54. The molecular formula is C28H36N6O2. The second kappa shape index (κ2) is 9.39. The monoisotopic (exact) mass is 488 g/mol. The molecule has 4 heterocycles. The Hall–Kier alpha value is -3.13. The number of benzene rings is 1. The Balaban J connectivity index is 1.35. The number of rotatable bonds is 5. The van der Waals surface area contributed by atoms with Crippen molar-refractivity contribution in [3.63, 3.8) is 0 Å². The number of anilines is 1. The molecule has 0 radical (unpaired) electrons. The summed E-state index contributed by atoms with van der Waals surface area (Å²) in [5.74, 6) is 1.90. The predicted molar refractivity (Wildman–Crippen MR) is 140 cm³/mol. The number of hydrogen-bond acceptors (Lipinski definition) is 5. The van der Waals surface area contributed by atoms with Crippen LogP contribution in [-0.4, -0.2) is 65.3 Å². The van der Waals surface area contributed by atoms with Crippen molar-refractivity contribution >= 4 is 17.4 Å². The van der Waals surface area contributed by atoms with Crippen LogP contribution < -0.4 is 10.2 Å². The van der Waals surface area contributed by atoms with Crippen LogP contribution in [0.1, 0.15) is 38.2 Å². The van der Waals surface area contributed by atoms with Gasteiger partial charge in [-0.25, -0.2) is 0 Å². The molecule has 2 unspecified atom stereocenters. The second-order valence-corrected chi connectivity index (χ2v) is 10.9. The quantitative estimate of drug-likeness (QED) is 0.498. The van der Waals surface area contributed by atoms with E-state index in [4.69, 9.17) is 4.74 Å². The summed E-state index contributed by atoms with van der Waals surface area (Å²) in [5.41, 5.74) is 6.78. The van der Waals surface area contributed by atoms with E-state index in [9.17, 15) is 10.2 Å². The van der Waals surface area contributed by atoms with E-state index in [1.54, 1.807) is 6.92 Å². The first-order chi connectivity index (χ1) is 17.5. The van der Waals surface area contributed by atoms with Crippen molar-refractivity contribution in [2.24, 2.45) is 18.9 Å². The average molecular weight is 489 g/mol. The van der Waals surface area contributed by atoms with Crippen LogP contribution in [0.2, 0.25) is 0 Å². The molecule has 190 valence electrons. The minimum Gasteiger partial charge on any atom is -0.383 e. The van der Waals surface area contributed by atoms with E-state index >= 15 is 0 Å². The summed E-state index contributed by atoms with van der Waals surface area (Å²) in [5, 5.41) is 17.5. The molecule has 1 saturated carbocycles. The lowest BCUT2D eigenvalue weighted by atomic mass is 9.87. The summed E-state index contributed by atoms with van der Waals surface area (Å²) >= 11 is 0. The van der Waals surface area contributed by atoms with E-state index in [0.717, 1.165) is 60.9 Å². The number of nitrogens with one attached hydrogen (secondary N) is 2. The Morgan fingerprint density at radius 2 is 2.06 bits per heavy atom. The van der Waals surface area contributed by atoms with Crippen molar-refractivity contribution in [3.8, 4) is 11.1 Å². The smallest absolute Gasteiger partial charge is 0.219 e. The standard InChI is InChI=1S/C28H36N6O2/c1-18(35)33-9-7-26(31-24-8-10-36-17-24)25(16-33)28(29)34-15-22(19-3-4-19)12-21-11-20(5-6-27(21)34)23-13-30-32(2)14-23/h5-6,11,13-14,19,22,24,29,31H,3-4,7-10,12,15-17H2,1-2H3. The first-order valence-electron chi connectivity index (χ1n) is 13.3. The summed E-state index contributed by atoms with van der Waals surface area (Å²) in [6.45, 7) is 5.15. The highest BCUT2D eigenvalue weighted by Crippen LogP contribution is 2.44. The molecule has 6 rings (SSSR count). The van der Waals surface area contributed by atoms with Gasteiger partial charge in [0.25, 0.3) is 0 Å². The minimum atomic E-state index is 0.0690. The predicted octanol–water partition coefficient (Wildman–Crippen LogP) is 3.34. The number of fused-ring (bicyclic) bond motifs is 1. The molecule has 2 atom stereocenters. The molecule has 8 heteroatoms. The fourth-order valence-electron chi connectivity index (χ4n) is 6.00. The lowest BCUT2D eigenvalue weighted by Crippen LogP contribution is -2.47. The summed E-state index contributed by atoms with van der Waals surface area (Å²) in [4.78, 5) is 16.4. The minimum absolute atomic E-state index is 0.0690. The van der Waals surface area contributed by atoms with Crippen LogP contribution in [0.25, 0.3) is 11.1 Å². The second-order valence-electron chi connectivity index (χ2n) is 10.9. The number of aromatic nitrogens is 2. The van der Waals surface area contributed by atoms with Gasteiger partial charge in [-0.15, -0.1) is 0 Å². The first-order valence-corrected chi connectivity index (χ1v) is 13.3. The number of amidine groups is 1. The number of hydrogen-bond donors (Lipinski definition) is 2. The highest BCUT2D eigenvalue weighted by molar-refractivity contribution is 6.09. The molecule has 2 N–H and O–H groups in total. The van der Waals surface area contributed by atoms with Crippen LogP contribution in [0.15, 0.2) is 41.9 Å². The molecule has 1 saturated heterocycles. The Bertz CT molecular complexity index is 1210. The summed E-state index contributed by atoms with van der Waals surface area (Å²) in [6, 6.07) is 6.91. The summed E-state index contributed by atoms with van der Waals surface area (Å²) < 4.78 is 7.43. The maximum Gasteiger partial charge on any atom is 0.219 e. The van der Waals surface area contributed by atoms with Gasteiger partial charge in [-0.3, -0.25) is 14.9 Å². The van der Waals surface area contributed by atoms with Crippen LogP contribution in [0.5, 0.6) is 0 Å². The van der Waals surface area contributed by atoms with Crippen molar-refractivity contribution < 1.29 is 9.53 Å². The lowest BCUT2D eigenvalue weighted by Gasteiger charge is -2.40. The van der Waals surface area contributed by atoms with Crippen LogP contribution in [0.4, 0.5) is 5.69 Å². The molecule has 4 aliphatic rings. The molecule has 2 aromatic rings. The van der Waals surface area contributed by atoms with E-state index in [-0.39, 0.29) is 11.9 Å². The van der Waals surface area contributed by atoms with Crippen molar-refractivity contribution in [1.29, 1.82) is 5.41 Å². The maximum atomic E-state index is 12.3. The van der Waals surface area contributed by atoms with Gasteiger partial charge >= 0.3 is 0 Å². The van der Waals surface area contributed by atoms with Crippen molar-refractivity contribution in [3.05, 3.63) is 47.4 Å². The van der Waals surface area contributed by atoms with E-state index in [1.165, 1.54) is 24.0 Å². The first kappa shape index (κ1) is 23.3. The van der Waals surface area contributed by atoms with Crippen LogP contribution in [0, 0.1) is 17.2 Å². The van der Waals surface area contributed by atoms with Gasteiger partial charge in [0.1, 0.15) is 5.84 Å². The number of nitrogens with zero attached hydrogens (tertiary/aromatic N) is 4. The molecule has 2 fully saturated rings.